The highest BCUT2D eigenvalue weighted by atomic mass is 16.7. The maximum Gasteiger partial charge on any atom is 0.308 e. The van der Waals surface area contributed by atoms with Crippen molar-refractivity contribution in [2.24, 2.45) is 34.5 Å². The van der Waals surface area contributed by atoms with Gasteiger partial charge in [-0.05, 0) is 31.3 Å². The predicted octanol–water partition coefficient (Wildman–Crippen LogP) is 2.90. The van der Waals surface area contributed by atoms with Crippen LogP contribution in [0.2, 0.25) is 0 Å². The Morgan fingerprint density at radius 3 is 2.44 bits per heavy atom. The maximum absolute atomic E-state index is 13.2. The molecule has 39 heavy (non-hydrogen) atoms. The Morgan fingerprint density at radius 2 is 1.85 bits per heavy atom. The summed E-state index contributed by atoms with van der Waals surface area (Å²) in [6.45, 7) is 10.7. The van der Waals surface area contributed by atoms with Gasteiger partial charge in [0, 0.05) is 37.5 Å². The largest absolute Gasteiger partial charge is 0.472 e. The molecule has 10 heteroatoms. The van der Waals surface area contributed by atoms with E-state index in [-0.39, 0.29) is 49.5 Å². The van der Waals surface area contributed by atoms with Crippen molar-refractivity contribution in [3.63, 3.8) is 0 Å². The second kappa shape index (κ2) is 10.0. The lowest BCUT2D eigenvalue weighted by molar-refractivity contribution is -0.293. The molecule has 0 aromatic heterocycles. The van der Waals surface area contributed by atoms with Crippen LogP contribution < -0.4 is 0 Å². The third kappa shape index (κ3) is 4.28. The molecular formula is C29H42O10. The average Bonchev–Trinajstić information content (AvgIpc) is 3.38. The van der Waals surface area contributed by atoms with Gasteiger partial charge in [0.1, 0.15) is 24.4 Å². The van der Waals surface area contributed by atoms with Crippen LogP contribution in [0.5, 0.6) is 0 Å². The second-order valence-corrected chi connectivity index (χ2v) is 12.5. The fourth-order valence-electron chi connectivity index (χ4n) is 8.06. The normalized spacial score (nSPS) is 46.5. The zero-order chi connectivity index (χ0) is 28.3. The second-order valence-electron chi connectivity index (χ2n) is 12.5. The molecule has 3 aliphatic heterocycles. The Morgan fingerprint density at radius 1 is 1.13 bits per heavy atom. The first-order valence-corrected chi connectivity index (χ1v) is 14.2. The molecule has 2 unspecified atom stereocenters. The Kier molecular flexibility index (Phi) is 7.29. The highest BCUT2D eigenvalue weighted by Crippen LogP contribution is 2.70. The molecule has 4 fully saturated rings. The number of aliphatic hydroxyl groups is 1. The summed E-state index contributed by atoms with van der Waals surface area (Å²) >= 11 is 0. The van der Waals surface area contributed by atoms with Crippen LogP contribution in [-0.2, 0) is 42.8 Å². The lowest BCUT2D eigenvalue weighted by atomic mass is 9.41. The molecule has 0 bridgehead atoms. The molecule has 0 aromatic rings. The van der Waals surface area contributed by atoms with Crippen LogP contribution in [0, 0.1) is 34.5 Å². The zero-order valence-electron chi connectivity index (χ0n) is 23.7. The van der Waals surface area contributed by atoms with E-state index in [1.165, 1.54) is 13.8 Å². The molecule has 0 aromatic carbocycles. The number of ether oxygens (including phenoxy) is 6. The molecule has 218 valence electrons. The minimum absolute atomic E-state index is 0.0547. The van der Waals surface area contributed by atoms with E-state index in [1.807, 2.05) is 19.9 Å². The molecule has 3 heterocycles. The summed E-state index contributed by atoms with van der Waals surface area (Å²) in [7, 11) is 0. The van der Waals surface area contributed by atoms with Crippen LogP contribution in [0.4, 0.5) is 0 Å². The van der Waals surface area contributed by atoms with Crippen molar-refractivity contribution in [2.75, 3.05) is 13.2 Å². The van der Waals surface area contributed by atoms with Gasteiger partial charge >= 0.3 is 17.9 Å². The number of fused-ring (bicyclic) bond motifs is 3. The number of carbonyl (C=O) groups excluding carboxylic acids is 3. The Labute approximate surface area is 229 Å². The van der Waals surface area contributed by atoms with Crippen LogP contribution in [0.1, 0.15) is 67.2 Å². The van der Waals surface area contributed by atoms with Gasteiger partial charge in [-0.25, -0.2) is 0 Å². The van der Waals surface area contributed by atoms with Crippen LogP contribution in [0.25, 0.3) is 0 Å². The van der Waals surface area contributed by atoms with Crippen molar-refractivity contribution in [3.8, 4) is 0 Å². The number of esters is 3. The molecule has 2 saturated heterocycles. The lowest BCUT2D eigenvalue weighted by Gasteiger charge is -2.65. The van der Waals surface area contributed by atoms with Gasteiger partial charge in [-0.1, -0.05) is 27.7 Å². The highest BCUT2D eigenvalue weighted by molar-refractivity contribution is 5.72. The number of carbonyl (C=O) groups is 3. The number of aliphatic hydroxyl groups excluding tert-OH is 1. The first-order chi connectivity index (χ1) is 18.4. The van der Waals surface area contributed by atoms with E-state index in [1.54, 1.807) is 6.26 Å². The van der Waals surface area contributed by atoms with E-state index < -0.39 is 58.9 Å². The van der Waals surface area contributed by atoms with Crippen LogP contribution in [0.15, 0.2) is 12.3 Å². The number of hydrogen-bond acceptors (Lipinski definition) is 10. The monoisotopic (exact) mass is 550 g/mol. The smallest absolute Gasteiger partial charge is 0.308 e. The van der Waals surface area contributed by atoms with Crippen molar-refractivity contribution in [3.05, 3.63) is 12.3 Å². The van der Waals surface area contributed by atoms with Gasteiger partial charge in [-0.15, -0.1) is 0 Å². The van der Waals surface area contributed by atoms with Crippen LogP contribution in [0.3, 0.4) is 0 Å². The molecule has 0 amide bonds. The quantitative estimate of drug-likeness (QED) is 0.287. The third-order valence-corrected chi connectivity index (χ3v) is 10.5. The van der Waals surface area contributed by atoms with E-state index in [4.69, 9.17) is 28.4 Å². The van der Waals surface area contributed by atoms with Crippen LogP contribution >= 0.6 is 0 Å². The zero-order valence-corrected chi connectivity index (χ0v) is 23.7. The van der Waals surface area contributed by atoms with E-state index >= 15 is 0 Å². The first-order valence-electron chi connectivity index (χ1n) is 14.2. The molecule has 12 atom stereocenters. The van der Waals surface area contributed by atoms with Gasteiger partial charge in [0.25, 0.3) is 0 Å². The van der Waals surface area contributed by atoms with E-state index in [9.17, 15) is 19.5 Å². The van der Waals surface area contributed by atoms with E-state index in [0.29, 0.717) is 19.3 Å². The molecule has 1 spiro atoms. The van der Waals surface area contributed by atoms with Gasteiger partial charge in [0.15, 0.2) is 0 Å². The number of rotatable bonds is 7. The maximum atomic E-state index is 13.2. The number of hydrogen-bond donors (Lipinski definition) is 1. The topological polar surface area (TPSA) is 130 Å². The van der Waals surface area contributed by atoms with Gasteiger partial charge in [0.2, 0.25) is 6.29 Å². The molecule has 1 N–H and O–H groups in total. The Hall–Kier alpha value is -2.17. The molecular weight excluding hydrogens is 508 g/mol. The molecule has 2 saturated carbocycles. The summed E-state index contributed by atoms with van der Waals surface area (Å²) in [4.78, 5) is 37.9. The van der Waals surface area contributed by atoms with Crippen molar-refractivity contribution in [1.29, 1.82) is 0 Å². The van der Waals surface area contributed by atoms with Crippen molar-refractivity contribution < 1.29 is 47.9 Å². The highest BCUT2D eigenvalue weighted by Gasteiger charge is 2.81. The standard InChI is InChI=1S/C29H42O10/c1-7-15(2)25(33)38-20-12-21(32)29(14-36-29)28(13-35-17(4)30)23(37-18(5)31)10-16(3)27(6,24(20)28)22-11-19-8-9-34-26(19)39-22/h8-9,15-16,19-24,26,32H,7,10-14H2,1-6H3/t15?,16-,19-,20-,21+,22?,23+,24-,26+,27-,28-,29-/m1/s1. The Bertz CT molecular complexity index is 1020. The van der Waals surface area contributed by atoms with E-state index in [0.717, 1.165) is 0 Å². The number of epoxide rings is 1. The molecule has 0 radical (unpaired) electrons. The van der Waals surface area contributed by atoms with Gasteiger partial charge in [0.05, 0.1) is 36.4 Å². The Balaban J connectivity index is 1.68. The van der Waals surface area contributed by atoms with Gasteiger partial charge < -0.3 is 33.5 Å². The first kappa shape index (κ1) is 28.4. The lowest BCUT2D eigenvalue weighted by Crippen LogP contribution is -2.75. The van der Waals surface area contributed by atoms with Crippen molar-refractivity contribution in [1.82, 2.24) is 0 Å². The summed E-state index contributed by atoms with van der Waals surface area (Å²) < 4.78 is 36.3. The summed E-state index contributed by atoms with van der Waals surface area (Å²) in [6.07, 6.45) is 2.36. The summed E-state index contributed by atoms with van der Waals surface area (Å²) in [5, 5.41) is 11.6. The van der Waals surface area contributed by atoms with Gasteiger partial charge in [-0.2, -0.15) is 0 Å². The molecule has 5 aliphatic rings. The minimum Gasteiger partial charge on any atom is -0.472 e. The molecule has 10 nitrogen and oxygen atoms in total. The van der Waals surface area contributed by atoms with Crippen molar-refractivity contribution in [2.45, 2.75) is 104 Å². The summed E-state index contributed by atoms with van der Waals surface area (Å²) in [5.74, 6) is -2.16. The molecule has 5 rings (SSSR count). The van der Waals surface area contributed by atoms with Crippen molar-refractivity contribution >= 4 is 17.9 Å². The fraction of sp³-hybridized carbons (Fsp3) is 0.828. The summed E-state index contributed by atoms with van der Waals surface area (Å²) in [5.41, 5.74) is -2.95. The third-order valence-electron chi connectivity index (χ3n) is 10.5. The van der Waals surface area contributed by atoms with Gasteiger partial charge in [-0.3, -0.25) is 14.4 Å². The SMILES string of the molecule is CCC(C)C(=O)O[C@@H]1C[C@H](O)[C@]2(CO2)[C@]2(COC(C)=O)[C@@H](OC(C)=O)C[C@@H](C)[C@](C)(C3C[C@H]4C=CO[C@H]4O3)[C@@H]12. The summed E-state index contributed by atoms with van der Waals surface area (Å²) in [6, 6.07) is 0. The fourth-order valence-corrected chi connectivity index (χ4v) is 8.06. The molecule has 2 aliphatic carbocycles. The average molecular weight is 551 g/mol. The minimum atomic E-state index is -1.18. The predicted molar refractivity (Wildman–Crippen MR) is 136 cm³/mol. The van der Waals surface area contributed by atoms with E-state index in [2.05, 4.69) is 13.8 Å². The van der Waals surface area contributed by atoms with Crippen LogP contribution in [-0.4, -0.2) is 72.5 Å².